The van der Waals surface area contributed by atoms with Crippen molar-refractivity contribution in [1.82, 2.24) is 0 Å². The summed E-state index contributed by atoms with van der Waals surface area (Å²) in [6.45, 7) is -4.13. The minimum atomic E-state index is -2.11. The van der Waals surface area contributed by atoms with Gasteiger partial charge in [-0.3, -0.25) is 0 Å². The van der Waals surface area contributed by atoms with Crippen LogP contribution in [0.4, 0.5) is 0 Å². The summed E-state index contributed by atoms with van der Waals surface area (Å²) in [7, 11) is 0. The van der Waals surface area contributed by atoms with Crippen LogP contribution in [0.5, 0.6) is 0 Å². The molecular weight excluding hydrogens is 776 g/mol. The molecule has 5 heterocycles. The minimum absolute atomic E-state index is 0.784. The molecule has 328 valence electrons. The first-order chi connectivity index (χ1) is 26.4. The number of hydrogen-bond donors (Lipinski definition) is 17. The van der Waals surface area contributed by atoms with Gasteiger partial charge in [-0.15, -0.1) is 0 Å². The van der Waals surface area contributed by atoms with Crippen LogP contribution in [0.2, 0.25) is 0 Å². The van der Waals surface area contributed by atoms with Gasteiger partial charge in [0, 0.05) is 0 Å². The van der Waals surface area contributed by atoms with Gasteiger partial charge in [0.1, 0.15) is 122 Å². The SMILES string of the molecule is OC[C@H]1O[C@H](OC[C@H]2O[C@H](OC[C@H]3O[C@H](O)[C@@H](O)[C@@H](O[C@H]4O[C@H](CO)[C@@H](O)[C@H](O)[C@@H]4O)[C@@H]3O)[C@@H](O)[C@@H](O[C@H]3O[C@H](CO)[C@@H](O)[C@H](O)[C@@H]3O)[C@@H]2O)[C@@H](O)[C@@H](O)[C@@H]1O. The maximum absolute atomic E-state index is 11.3. The van der Waals surface area contributed by atoms with Gasteiger partial charge in [0.05, 0.1) is 33.0 Å². The molecule has 26 nitrogen and oxygen atoms in total. The fourth-order valence-electron chi connectivity index (χ4n) is 6.81. The summed E-state index contributed by atoms with van der Waals surface area (Å²) in [5.41, 5.74) is 0. The van der Waals surface area contributed by atoms with Crippen molar-refractivity contribution in [2.24, 2.45) is 0 Å². The summed E-state index contributed by atoms with van der Waals surface area (Å²) in [4.78, 5) is 0. The highest BCUT2D eigenvalue weighted by molar-refractivity contribution is 4.97. The van der Waals surface area contributed by atoms with Crippen molar-refractivity contribution >= 4 is 0 Å². The highest BCUT2D eigenvalue weighted by atomic mass is 16.8. The molecule has 5 aliphatic rings. The Bertz CT molecular complexity index is 1200. The van der Waals surface area contributed by atoms with Crippen molar-refractivity contribution in [1.29, 1.82) is 0 Å². The lowest BCUT2D eigenvalue weighted by atomic mass is 9.96. The molecule has 0 radical (unpaired) electrons. The molecule has 0 spiro atoms. The maximum atomic E-state index is 11.3. The lowest BCUT2D eigenvalue weighted by molar-refractivity contribution is -0.375. The second kappa shape index (κ2) is 19.6. The van der Waals surface area contributed by atoms with Crippen molar-refractivity contribution in [3.63, 3.8) is 0 Å². The van der Waals surface area contributed by atoms with E-state index in [1.165, 1.54) is 0 Å². The third-order valence-corrected chi connectivity index (χ3v) is 10.3. The predicted molar refractivity (Wildman–Crippen MR) is 167 cm³/mol. The van der Waals surface area contributed by atoms with Crippen LogP contribution >= 0.6 is 0 Å². The van der Waals surface area contributed by atoms with Gasteiger partial charge in [-0.05, 0) is 0 Å². The predicted octanol–water partition coefficient (Wildman–Crippen LogP) is -11.9. The molecule has 0 saturated carbocycles. The molecule has 0 unspecified atom stereocenters. The van der Waals surface area contributed by atoms with Crippen LogP contribution in [-0.4, -0.2) is 273 Å². The molecule has 0 aromatic rings. The maximum Gasteiger partial charge on any atom is 0.187 e. The van der Waals surface area contributed by atoms with Crippen molar-refractivity contribution in [3.8, 4) is 0 Å². The number of rotatable bonds is 13. The van der Waals surface area contributed by atoms with E-state index in [2.05, 4.69) is 0 Å². The van der Waals surface area contributed by atoms with Crippen LogP contribution in [0.25, 0.3) is 0 Å². The topological polar surface area (TPSA) is 427 Å². The van der Waals surface area contributed by atoms with Gasteiger partial charge < -0.3 is 129 Å². The summed E-state index contributed by atoms with van der Waals surface area (Å²) >= 11 is 0. The first-order valence-electron chi connectivity index (χ1n) is 17.6. The fourth-order valence-corrected chi connectivity index (χ4v) is 6.81. The largest absolute Gasteiger partial charge is 0.394 e. The average molecular weight is 829 g/mol. The van der Waals surface area contributed by atoms with Crippen molar-refractivity contribution < 1.29 is 129 Å². The van der Waals surface area contributed by atoms with Crippen molar-refractivity contribution in [2.75, 3.05) is 33.0 Å². The smallest absolute Gasteiger partial charge is 0.187 e. The number of hydrogen-bond acceptors (Lipinski definition) is 26. The number of ether oxygens (including phenoxy) is 9. The summed E-state index contributed by atoms with van der Waals surface area (Å²) < 4.78 is 49.0. The van der Waals surface area contributed by atoms with Crippen LogP contribution in [0.15, 0.2) is 0 Å². The van der Waals surface area contributed by atoms with E-state index in [1.807, 2.05) is 0 Å². The molecule has 5 fully saturated rings. The van der Waals surface area contributed by atoms with Gasteiger partial charge in [-0.1, -0.05) is 0 Å². The number of aliphatic hydroxyl groups is 17. The Morgan fingerprint density at radius 3 is 1.04 bits per heavy atom. The second-order valence-electron chi connectivity index (χ2n) is 14.0. The Balaban J connectivity index is 1.32. The Labute approximate surface area is 316 Å². The second-order valence-corrected chi connectivity index (χ2v) is 14.0. The van der Waals surface area contributed by atoms with Gasteiger partial charge in [0.25, 0.3) is 0 Å². The van der Waals surface area contributed by atoms with Crippen molar-refractivity contribution in [2.45, 2.75) is 154 Å². The molecule has 0 amide bonds. The molecule has 0 aromatic heterocycles. The average Bonchev–Trinajstić information content (AvgIpc) is 3.18. The van der Waals surface area contributed by atoms with Crippen LogP contribution < -0.4 is 0 Å². The lowest BCUT2D eigenvalue weighted by Crippen LogP contribution is -2.66. The Morgan fingerprint density at radius 1 is 0.304 bits per heavy atom. The van der Waals surface area contributed by atoms with Gasteiger partial charge in [-0.2, -0.15) is 0 Å². The first kappa shape index (κ1) is 46.0. The van der Waals surface area contributed by atoms with E-state index in [1.54, 1.807) is 0 Å². The Morgan fingerprint density at radius 2 is 0.625 bits per heavy atom. The molecule has 0 aliphatic carbocycles. The molecule has 0 bridgehead atoms. The van der Waals surface area contributed by atoms with Gasteiger partial charge in [-0.25, -0.2) is 0 Å². The molecule has 56 heavy (non-hydrogen) atoms. The van der Waals surface area contributed by atoms with Crippen LogP contribution in [0, 0.1) is 0 Å². The summed E-state index contributed by atoms with van der Waals surface area (Å²) in [6.07, 6.45) is -45.9. The molecule has 25 atom stereocenters. The zero-order valence-corrected chi connectivity index (χ0v) is 29.2. The third kappa shape index (κ3) is 9.46. The van der Waals surface area contributed by atoms with Gasteiger partial charge in [0.2, 0.25) is 0 Å². The van der Waals surface area contributed by atoms with Crippen molar-refractivity contribution in [3.05, 3.63) is 0 Å². The first-order valence-corrected chi connectivity index (χ1v) is 17.6. The summed E-state index contributed by atoms with van der Waals surface area (Å²) in [5, 5.41) is 175. The van der Waals surface area contributed by atoms with E-state index in [9.17, 15) is 86.8 Å². The van der Waals surface area contributed by atoms with E-state index >= 15 is 0 Å². The molecule has 0 aromatic carbocycles. The van der Waals surface area contributed by atoms with E-state index in [-0.39, 0.29) is 0 Å². The Kier molecular flexibility index (Phi) is 16.1. The zero-order chi connectivity index (χ0) is 41.3. The lowest BCUT2D eigenvalue weighted by Gasteiger charge is -2.47. The monoisotopic (exact) mass is 828 g/mol. The Hall–Kier alpha value is -1.04. The fraction of sp³-hybridized carbons (Fsp3) is 1.00. The molecule has 26 heteroatoms. The summed E-state index contributed by atoms with van der Waals surface area (Å²) in [5.74, 6) is 0. The highest BCUT2D eigenvalue weighted by Gasteiger charge is 2.54. The third-order valence-electron chi connectivity index (χ3n) is 10.3. The van der Waals surface area contributed by atoms with Crippen LogP contribution in [0.1, 0.15) is 0 Å². The van der Waals surface area contributed by atoms with E-state index in [0.717, 1.165) is 0 Å². The van der Waals surface area contributed by atoms with E-state index < -0.39 is 187 Å². The molecule has 5 aliphatic heterocycles. The molecule has 5 saturated heterocycles. The van der Waals surface area contributed by atoms with Gasteiger partial charge in [0.15, 0.2) is 31.5 Å². The van der Waals surface area contributed by atoms with Gasteiger partial charge >= 0.3 is 0 Å². The molecule has 17 N–H and O–H groups in total. The van der Waals surface area contributed by atoms with Crippen LogP contribution in [0.3, 0.4) is 0 Å². The normalized spacial score (nSPS) is 53.2. The van der Waals surface area contributed by atoms with E-state index in [0.29, 0.717) is 0 Å². The zero-order valence-electron chi connectivity index (χ0n) is 29.2. The molecular formula is C30H52O26. The minimum Gasteiger partial charge on any atom is -0.394 e. The van der Waals surface area contributed by atoms with E-state index in [4.69, 9.17) is 42.6 Å². The number of aliphatic hydroxyl groups excluding tert-OH is 17. The standard InChI is InChI=1S/C30H52O26/c31-1-6-11(34)16(39)19(42)27(51-6)48-5-10-15(38)25(56-30-21(44)18(41)13(36)8(3-33)53-30)23(46)28(54-10)49-4-9-14(37)24(22(45)26(47)50-9)55-29-20(43)17(40)12(35)7(2-32)52-29/h6-47H,1-5H2/t6-,7-,8-,9-,10-,11-,12-,13-,14-,15-,16+,17+,18+,19+,20+,21+,22+,23+,24+,25+,26+,27+,28+,29-,30-/m1/s1. The highest BCUT2D eigenvalue weighted by Crippen LogP contribution is 2.33. The quantitative estimate of drug-likeness (QED) is 0.0819. The van der Waals surface area contributed by atoms with Crippen LogP contribution in [-0.2, 0) is 42.6 Å². The molecule has 5 rings (SSSR count). The summed E-state index contributed by atoms with van der Waals surface area (Å²) in [6, 6.07) is 0.